The van der Waals surface area contributed by atoms with Gasteiger partial charge in [0.1, 0.15) is 0 Å². The van der Waals surface area contributed by atoms with Gasteiger partial charge in [0, 0.05) is 37.2 Å². The number of hydrogen-bond donors (Lipinski definition) is 1. The van der Waals surface area contributed by atoms with Crippen molar-refractivity contribution in [1.29, 1.82) is 0 Å². The minimum Gasteiger partial charge on any atom is -0.375 e. The Kier molecular flexibility index (Phi) is 5.08. The molecule has 23 heavy (non-hydrogen) atoms. The fraction of sp³-hybridized carbons (Fsp3) is 0.800. The van der Waals surface area contributed by atoms with Crippen molar-refractivity contribution < 1.29 is 13.2 Å². The Morgan fingerprint density at radius 3 is 2.83 bits per heavy atom. The molecule has 0 amide bonds. The normalized spacial score (nSPS) is 25.7. The number of aryl methyl sites for hydroxylation is 1. The number of thiazole rings is 1. The van der Waals surface area contributed by atoms with Crippen molar-refractivity contribution in [2.45, 2.75) is 50.8 Å². The van der Waals surface area contributed by atoms with E-state index in [0.717, 1.165) is 51.0 Å². The first-order chi connectivity index (χ1) is 10.9. The number of nitrogens with one attached hydrogen (secondary N) is 1. The predicted octanol–water partition coefficient (Wildman–Crippen LogP) is 1.51. The molecule has 2 saturated heterocycles. The molecule has 1 N–H and O–H groups in total. The van der Waals surface area contributed by atoms with Crippen LogP contribution in [0.5, 0.6) is 0 Å². The number of ether oxygens (including phenoxy) is 1. The second-order valence-corrected chi connectivity index (χ2v) is 9.47. The molecule has 130 valence electrons. The van der Waals surface area contributed by atoms with Gasteiger partial charge < -0.3 is 4.74 Å². The predicted molar refractivity (Wildman–Crippen MR) is 91.0 cm³/mol. The number of aromatic nitrogens is 1. The summed E-state index contributed by atoms with van der Waals surface area (Å²) in [6, 6.07) is 0.00837. The van der Waals surface area contributed by atoms with Crippen LogP contribution in [0.3, 0.4) is 0 Å². The zero-order chi connectivity index (χ0) is 16.5. The molecule has 3 rings (SSSR count). The maximum absolute atomic E-state index is 11.5. The van der Waals surface area contributed by atoms with Crippen LogP contribution in [-0.4, -0.2) is 55.9 Å². The minimum atomic E-state index is -3.15. The van der Waals surface area contributed by atoms with Gasteiger partial charge in [-0.1, -0.05) is 0 Å². The van der Waals surface area contributed by atoms with Crippen LogP contribution in [0.2, 0.25) is 0 Å². The molecule has 1 aromatic rings. The van der Waals surface area contributed by atoms with Crippen LogP contribution < -0.4 is 4.72 Å². The summed E-state index contributed by atoms with van der Waals surface area (Å²) in [5, 5.41) is 0. The highest BCUT2D eigenvalue weighted by atomic mass is 32.2. The van der Waals surface area contributed by atoms with E-state index < -0.39 is 10.0 Å². The van der Waals surface area contributed by atoms with Crippen LogP contribution in [0, 0.1) is 6.92 Å². The Hall–Kier alpha value is -0.540. The van der Waals surface area contributed by atoms with E-state index in [-0.39, 0.29) is 11.6 Å². The lowest BCUT2D eigenvalue weighted by molar-refractivity contribution is -0.118. The molecule has 0 bridgehead atoms. The summed E-state index contributed by atoms with van der Waals surface area (Å²) in [5.41, 5.74) is 2.88. The SMILES string of the molecule is Cc1ncsc1CN1CCC2(CC1)C[C@@H](NS(C)(=O)=O)CCO2. The highest BCUT2D eigenvalue weighted by Gasteiger charge is 2.40. The average molecular weight is 360 g/mol. The van der Waals surface area contributed by atoms with Crippen LogP contribution >= 0.6 is 11.3 Å². The summed E-state index contributed by atoms with van der Waals surface area (Å²) in [5.74, 6) is 0. The van der Waals surface area contributed by atoms with Gasteiger partial charge in [-0.25, -0.2) is 18.1 Å². The van der Waals surface area contributed by atoms with E-state index in [2.05, 4.69) is 21.5 Å². The van der Waals surface area contributed by atoms with Gasteiger partial charge in [-0.15, -0.1) is 11.3 Å². The molecule has 0 saturated carbocycles. The highest BCUT2D eigenvalue weighted by Crippen LogP contribution is 2.35. The largest absolute Gasteiger partial charge is 0.375 e. The topological polar surface area (TPSA) is 71.5 Å². The van der Waals surface area contributed by atoms with Crippen LogP contribution in [0.25, 0.3) is 0 Å². The maximum atomic E-state index is 11.5. The number of nitrogens with zero attached hydrogens (tertiary/aromatic N) is 2. The first-order valence-electron chi connectivity index (χ1n) is 8.08. The van der Waals surface area contributed by atoms with Crippen molar-refractivity contribution in [3.05, 3.63) is 16.1 Å². The van der Waals surface area contributed by atoms with Crippen LogP contribution in [0.1, 0.15) is 36.3 Å². The lowest BCUT2D eigenvalue weighted by Gasteiger charge is -2.46. The van der Waals surface area contributed by atoms with Gasteiger partial charge in [0.2, 0.25) is 10.0 Å². The summed E-state index contributed by atoms with van der Waals surface area (Å²) in [6.07, 6.45) is 4.71. The van der Waals surface area contributed by atoms with Gasteiger partial charge in [-0.05, 0) is 32.6 Å². The zero-order valence-electron chi connectivity index (χ0n) is 13.7. The van der Waals surface area contributed by atoms with E-state index in [1.165, 1.54) is 11.1 Å². The van der Waals surface area contributed by atoms with Crippen molar-refractivity contribution in [1.82, 2.24) is 14.6 Å². The molecule has 3 heterocycles. The number of likely N-dealkylation sites (tertiary alicyclic amines) is 1. The highest BCUT2D eigenvalue weighted by molar-refractivity contribution is 7.88. The van der Waals surface area contributed by atoms with Gasteiger partial charge in [0.25, 0.3) is 0 Å². The Morgan fingerprint density at radius 1 is 1.48 bits per heavy atom. The summed E-state index contributed by atoms with van der Waals surface area (Å²) in [7, 11) is -3.15. The second kappa shape index (κ2) is 6.76. The standard InChI is InChI=1S/C15H25N3O3S2/c1-12-14(22-11-16-12)10-18-6-4-15(5-7-18)9-13(3-8-21-15)17-23(2,19)20/h11,13,17H,3-10H2,1-2H3/t13-/m0/s1. The fourth-order valence-corrected chi connectivity index (χ4v) is 5.20. The number of rotatable bonds is 4. The molecule has 2 fully saturated rings. The van der Waals surface area contributed by atoms with Gasteiger partial charge in [0.05, 0.1) is 23.1 Å². The molecule has 1 aromatic heterocycles. The molecule has 0 aromatic carbocycles. The summed E-state index contributed by atoms with van der Waals surface area (Å²) < 4.78 is 31.8. The Bertz CT molecular complexity index is 636. The average Bonchev–Trinajstić information content (AvgIpc) is 2.85. The molecule has 0 radical (unpaired) electrons. The number of piperidine rings is 1. The molecule has 0 aliphatic carbocycles. The third-order valence-electron chi connectivity index (χ3n) is 4.85. The fourth-order valence-electron chi connectivity index (χ4n) is 3.58. The van der Waals surface area contributed by atoms with Gasteiger partial charge >= 0.3 is 0 Å². The lowest BCUT2D eigenvalue weighted by atomic mass is 9.82. The summed E-state index contributed by atoms with van der Waals surface area (Å²) in [4.78, 5) is 8.09. The molecule has 0 unspecified atom stereocenters. The van der Waals surface area contributed by atoms with Crippen molar-refractivity contribution >= 4 is 21.4 Å². The first-order valence-corrected chi connectivity index (χ1v) is 10.8. The van der Waals surface area contributed by atoms with Crippen molar-refractivity contribution in [3.63, 3.8) is 0 Å². The molecule has 2 aliphatic heterocycles. The van der Waals surface area contributed by atoms with Crippen molar-refractivity contribution in [2.75, 3.05) is 26.0 Å². The van der Waals surface area contributed by atoms with E-state index in [1.54, 1.807) is 11.3 Å². The monoisotopic (exact) mass is 359 g/mol. The Labute approximate surface area is 142 Å². The summed E-state index contributed by atoms with van der Waals surface area (Å²) >= 11 is 1.72. The first kappa shape index (κ1) is 17.3. The minimum absolute atomic E-state index is 0.00837. The molecule has 6 nitrogen and oxygen atoms in total. The number of hydrogen-bond acceptors (Lipinski definition) is 6. The Balaban J connectivity index is 1.56. The van der Waals surface area contributed by atoms with Gasteiger partial charge in [-0.3, -0.25) is 4.90 Å². The molecule has 8 heteroatoms. The van der Waals surface area contributed by atoms with Crippen LogP contribution in [0.4, 0.5) is 0 Å². The lowest BCUT2D eigenvalue weighted by Crippen LogP contribution is -2.53. The third kappa shape index (κ3) is 4.51. The van der Waals surface area contributed by atoms with Gasteiger partial charge in [0.15, 0.2) is 0 Å². The molecular formula is C15H25N3O3S2. The van der Waals surface area contributed by atoms with Crippen LogP contribution in [0.15, 0.2) is 5.51 Å². The van der Waals surface area contributed by atoms with E-state index in [0.29, 0.717) is 6.61 Å². The molecule has 2 aliphatic rings. The Morgan fingerprint density at radius 2 is 2.22 bits per heavy atom. The van der Waals surface area contributed by atoms with Crippen molar-refractivity contribution in [2.24, 2.45) is 0 Å². The third-order valence-corrected chi connectivity index (χ3v) is 6.53. The summed E-state index contributed by atoms with van der Waals surface area (Å²) in [6.45, 7) is 5.63. The van der Waals surface area contributed by atoms with E-state index in [4.69, 9.17) is 4.74 Å². The smallest absolute Gasteiger partial charge is 0.208 e. The molecule has 1 spiro atoms. The number of sulfonamides is 1. The van der Waals surface area contributed by atoms with E-state index in [1.807, 2.05) is 5.51 Å². The van der Waals surface area contributed by atoms with Crippen molar-refractivity contribution in [3.8, 4) is 0 Å². The quantitative estimate of drug-likeness (QED) is 0.882. The van der Waals surface area contributed by atoms with Gasteiger partial charge in [-0.2, -0.15) is 0 Å². The van der Waals surface area contributed by atoms with Crippen LogP contribution in [-0.2, 0) is 21.3 Å². The zero-order valence-corrected chi connectivity index (χ0v) is 15.4. The maximum Gasteiger partial charge on any atom is 0.208 e. The second-order valence-electron chi connectivity index (χ2n) is 6.75. The molecule has 1 atom stereocenters. The van der Waals surface area contributed by atoms with E-state index >= 15 is 0 Å². The molecular weight excluding hydrogens is 334 g/mol. The van der Waals surface area contributed by atoms with E-state index in [9.17, 15) is 8.42 Å².